The van der Waals surface area contributed by atoms with Gasteiger partial charge in [0.2, 0.25) is 12.4 Å². The van der Waals surface area contributed by atoms with E-state index in [1.54, 1.807) is 0 Å². The summed E-state index contributed by atoms with van der Waals surface area (Å²) in [4.78, 5) is 35.3. The molecule has 0 saturated heterocycles. The van der Waals surface area contributed by atoms with Crippen molar-refractivity contribution in [3.63, 3.8) is 0 Å². The number of esters is 1. The van der Waals surface area contributed by atoms with E-state index in [0.29, 0.717) is 0 Å². The summed E-state index contributed by atoms with van der Waals surface area (Å²) >= 11 is 0. The topological polar surface area (TPSA) is 133 Å². The Hall–Kier alpha value is -3.55. The van der Waals surface area contributed by atoms with E-state index in [9.17, 15) is 52.3 Å². The van der Waals surface area contributed by atoms with Crippen LogP contribution in [0.15, 0.2) is 28.7 Å². The maximum absolute atomic E-state index is 13.4. The number of hydrogen-bond acceptors (Lipinski definition) is 10. The molecule has 1 heterocycles. The predicted molar refractivity (Wildman–Crippen MR) is 108 cm³/mol. The molecule has 1 aliphatic heterocycles. The number of carbonyl (C=O) groups is 2. The Morgan fingerprint density at radius 1 is 1.08 bits per heavy atom. The van der Waals surface area contributed by atoms with Gasteiger partial charge in [0.15, 0.2) is 0 Å². The molecule has 1 aliphatic rings. The Bertz CT molecular complexity index is 1110. The summed E-state index contributed by atoms with van der Waals surface area (Å²) in [5, 5.41) is 8.86. The lowest BCUT2D eigenvalue weighted by atomic mass is 10.0. The molecule has 0 aliphatic carbocycles. The third-order valence-electron chi connectivity index (χ3n) is 4.21. The smallest absolute Gasteiger partial charge is 0.475 e. The van der Waals surface area contributed by atoms with E-state index in [1.807, 2.05) is 0 Å². The molecule has 38 heavy (non-hydrogen) atoms. The molecule has 2 atom stereocenters. The van der Waals surface area contributed by atoms with Crippen LogP contribution in [0.1, 0.15) is 12.5 Å². The molecule has 0 spiro atoms. The van der Waals surface area contributed by atoms with Crippen molar-refractivity contribution in [2.75, 3.05) is 26.4 Å². The molecule has 0 aromatic heterocycles. The quantitative estimate of drug-likeness (QED) is 0.0832. The molecule has 2 unspecified atom stereocenters. The zero-order chi connectivity index (χ0) is 29.0. The zero-order valence-corrected chi connectivity index (χ0v) is 19.6. The van der Waals surface area contributed by atoms with Gasteiger partial charge in [-0.15, -0.1) is 10.1 Å². The molecule has 1 aromatic rings. The van der Waals surface area contributed by atoms with Gasteiger partial charge in [0, 0.05) is 12.5 Å². The first-order valence-electron chi connectivity index (χ1n) is 9.90. The normalized spacial score (nSPS) is 17.9. The lowest BCUT2D eigenvalue weighted by Gasteiger charge is -2.41. The van der Waals surface area contributed by atoms with Crippen molar-refractivity contribution in [3.05, 3.63) is 39.4 Å². The summed E-state index contributed by atoms with van der Waals surface area (Å²) < 4.78 is 129. The van der Waals surface area contributed by atoms with Gasteiger partial charge >= 0.3 is 28.5 Å². The molecular formula is C18H17F8NO10S. The van der Waals surface area contributed by atoms with Gasteiger partial charge in [-0.05, 0) is 24.3 Å². The van der Waals surface area contributed by atoms with Crippen LogP contribution in [0.4, 0.5) is 37.4 Å². The van der Waals surface area contributed by atoms with Crippen molar-refractivity contribution in [2.45, 2.75) is 30.4 Å². The number of benzene rings is 1. The number of ether oxygens (including phenoxy) is 5. The van der Waals surface area contributed by atoms with Crippen LogP contribution in [0.2, 0.25) is 0 Å². The molecule has 0 amide bonds. The van der Waals surface area contributed by atoms with Crippen molar-refractivity contribution in [1.82, 2.24) is 0 Å². The van der Waals surface area contributed by atoms with Crippen molar-refractivity contribution in [3.8, 4) is 5.75 Å². The highest BCUT2D eigenvalue weighted by Crippen LogP contribution is 3.02. The summed E-state index contributed by atoms with van der Waals surface area (Å²) in [6.07, 6.45) is -11.5. The highest BCUT2D eigenvalue weighted by molar-refractivity contribution is 8.45. The van der Waals surface area contributed by atoms with Gasteiger partial charge in [0.05, 0.1) is 18.8 Å². The predicted octanol–water partition coefficient (Wildman–Crippen LogP) is 5.32. The molecule has 0 saturated carbocycles. The first-order valence-corrected chi connectivity index (χ1v) is 11.8. The second kappa shape index (κ2) is 10.3. The van der Waals surface area contributed by atoms with E-state index in [2.05, 4.69) is 23.8 Å². The number of hydrogen-bond donors (Lipinski definition) is 0. The van der Waals surface area contributed by atoms with Crippen LogP contribution in [0.3, 0.4) is 0 Å². The Balaban J connectivity index is 2.06. The van der Waals surface area contributed by atoms with E-state index in [1.165, 1.54) is 0 Å². The number of rotatable bonds is 11. The van der Waals surface area contributed by atoms with Gasteiger partial charge in [0.1, 0.15) is 23.9 Å². The van der Waals surface area contributed by atoms with Crippen molar-refractivity contribution >= 4 is 28.4 Å². The molecule has 20 heteroatoms. The molecule has 0 bridgehead atoms. The molecule has 216 valence electrons. The van der Waals surface area contributed by atoms with Crippen LogP contribution < -0.4 is 4.74 Å². The molecule has 1 aromatic carbocycles. The monoisotopic (exact) mass is 591 g/mol. The Labute approximate surface area is 207 Å². The van der Waals surface area contributed by atoms with Crippen LogP contribution in [-0.2, 0) is 28.6 Å². The second-order valence-corrected chi connectivity index (χ2v) is 9.58. The van der Waals surface area contributed by atoms with E-state index < -0.39 is 81.0 Å². The summed E-state index contributed by atoms with van der Waals surface area (Å²) in [7, 11) is -10.2. The third kappa shape index (κ3) is 9.08. The third-order valence-corrected chi connectivity index (χ3v) is 5.35. The molecule has 0 N–H and O–H groups in total. The van der Waals surface area contributed by atoms with E-state index in [-0.39, 0.29) is 37.5 Å². The first-order chi connectivity index (χ1) is 17.2. The lowest BCUT2D eigenvalue weighted by molar-refractivity contribution is -0.758. The first kappa shape index (κ1) is 30.7. The Morgan fingerprint density at radius 3 is 2.29 bits per heavy atom. The van der Waals surface area contributed by atoms with Crippen LogP contribution in [0.5, 0.6) is 5.75 Å². The van der Waals surface area contributed by atoms with Gasteiger partial charge in [-0.3, -0.25) is 0 Å². The fourth-order valence-electron chi connectivity index (χ4n) is 2.70. The fourth-order valence-corrected chi connectivity index (χ4v) is 3.37. The molecular weight excluding hydrogens is 574 g/mol. The average Bonchev–Trinajstić information content (AvgIpc) is 2.74. The van der Waals surface area contributed by atoms with E-state index >= 15 is 0 Å². The number of fused-ring (bicyclic) bond motifs is 1. The summed E-state index contributed by atoms with van der Waals surface area (Å²) in [6.45, 7) is -0.509. The highest BCUT2D eigenvalue weighted by Gasteiger charge is 2.65. The Morgan fingerprint density at radius 2 is 1.71 bits per heavy atom. The van der Waals surface area contributed by atoms with Crippen LogP contribution in [0.25, 0.3) is 6.08 Å². The standard InChI is InChI=1S/C18H17F8NO10S/c1-10(36-17(29)33-6-4-32-5-7-34-27(30)31)35-16(28)13-9-11-8-12(38(22,23,24,25)26)2-3-14(11)37-15(13)18(19,20)21/h2-3,8-10,15H,4-7H2,1H3. The molecule has 2 rings (SSSR count). The number of alkyl halides is 3. The van der Waals surface area contributed by atoms with Crippen LogP contribution in [0, 0.1) is 10.1 Å². The van der Waals surface area contributed by atoms with Crippen molar-refractivity contribution in [1.29, 1.82) is 0 Å². The van der Waals surface area contributed by atoms with Gasteiger partial charge in [0.25, 0.3) is 5.09 Å². The maximum atomic E-state index is 13.4. The van der Waals surface area contributed by atoms with Crippen LogP contribution >= 0.6 is 10.2 Å². The van der Waals surface area contributed by atoms with Gasteiger partial charge < -0.3 is 28.5 Å². The highest BCUT2D eigenvalue weighted by atomic mass is 32.5. The van der Waals surface area contributed by atoms with Crippen molar-refractivity contribution < 1.29 is 75.8 Å². The molecule has 0 fully saturated rings. The largest absolute Gasteiger partial charge is 0.511 e. The molecule has 0 radical (unpaired) electrons. The summed E-state index contributed by atoms with van der Waals surface area (Å²) in [5.74, 6) is -2.72. The minimum Gasteiger partial charge on any atom is -0.475 e. The van der Waals surface area contributed by atoms with E-state index in [0.717, 1.165) is 6.92 Å². The average molecular weight is 591 g/mol. The van der Waals surface area contributed by atoms with Crippen molar-refractivity contribution in [2.24, 2.45) is 0 Å². The maximum Gasteiger partial charge on any atom is 0.511 e. The minimum absolute atomic E-state index is 0.155. The van der Waals surface area contributed by atoms with Gasteiger partial charge in [-0.2, -0.15) is 13.2 Å². The number of halogens is 8. The lowest BCUT2D eigenvalue weighted by Crippen LogP contribution is -2.41. The summed E-state index contributed by atoms with van der Waals surface area (Å²) in [5.41, 5.74) is -2.33. The number of carbonyl (C=O) groups excluding carboxylic acids is 2. The Kier molecular flexibility index (Phi) is 8.32. The minimum atomic E-state index is -10.2. The summed E-state index contributed by atoms with van der Waals surface area (Å²) in [6, 6.07) is -0.0850. The van der Waals surface area contributed by atoms with Gasteiger partial charge in [-0.25, -0.2) is 9.59 Å². The fraction of sp³-hybridized carbons (Fsp3) is 0.444. The second-order valence-electron chi connectivity index (χ2n) is 7.17. The SMILES string of the molecule is CC(OC(=O)OCCOCCO[N+](=O)[O-])OC(=O)C1=Cc2cc(S(F)(F)(F)(F)F)ccc2OC1C(F)(F)F. The van der Waals surface area contributed by atoms with Crippen LogP contribution in [-0.4, -0.2) is 62.2 Å². The zero-order valence-electron chi connectivity index (χ0n) is 18.8. The van der Waals surface area contributed by atoms with E-state index in [4.69, 9.17) is 4.74 Å². The number of nitrogens with zero attached hydrogens (tertiary/aromatic N) is 1. The molecule has 11 nitrogen and oxygen atoms in total. The van der Waals surface area contributed by atoms with Gasteiger partial charge in [-0.1, -0.05) is 19.4 Å².